The summed E-state index contributed by atoms with van der Waals surface area (Å²) >= 11 is 0. The molecule has 0 bridgehead atoms. The summed E-state index contributed by atoms with van der Waals surface area (Å²) in [7, 11) is -15.0. The molecule has 0 saturated heterocycles. The van der Waals surface area contributed by atoms with Crippen molar-refractivity contribution < 1.29 is 54.8 Å². The van der Waals surface area contributed by atoms with Crippen molar-refractivity contribution in [1.82, 2.24) is 0 Å². The molecule has 0 atom stereocenters. The Bertz CT molecular complexity index is 1200. The Morgan fingerprint density at radius 3 is 1.17 bits per heavy atom. The lowest BCUT2D eigenvalue weighted by Crippen LogP contribution is -2.09. The predicted octanol–water partition coefficient (Wildman–Crippen LogP) is -0.591. The number of rotatable bonds is 6. The molecule has 2 rings (SSSR count). The number of aromatic hydroxyl groups is 2. The van der Waals surface area contributed by atoms with Crippen LogP contribution in [0.4, 0.5) is 0 Å². The van der Waals surface area contributed by atoms with Crippen molar-refractivity contribution in [3.8, 4) is 11.5 Å². The average Bonchev–Trinajstić information content (AvgIpc) is 2.59. The smallest absolute Gasteiger partial charge is 0.298 e. The fourth-order valence-corrected chi connectivity index (χ4v) is 5.22. The van der Waals surface area contributed by atoms with Gasteiger partial charge in [0.25, 0.3) is 20.2 Å². The SMILES string of the molecule is O=S(=O)(O)c1cc(S(=O)(=O)c2cc(CO)c(O)c(S(=O)(=O)O)c2)cc(CO)c1O. The van der Waals surface area contributed by atoms with Crippen LogP contribution in [-0.4, -0.2) is 54.8 Å². The summed E-state index contributed by atoms with van der Waals surface area (Å²) in [6.45, 7) is -2.04. The minimum atomic E-state index is -5.12. The van der Waals surface area contributed by atoms with E-state index in [1.807, 2.05) is 0 Å². The van der Waals surface area contributed by atoms with Crippen LogP contribution < -0.4 is 0 Å². The Balaban J connectivity index is 2.91. The Kier molecular flexibility index (Phi) is 5.97. The van der Waals surface area contributed by atoms with Crippen LogP contribution in [-0.2, 0) is 43.3 Å². The fourth-order valence-electron chi connectivity index (χ4n) is 2.36. The Labute approximate surface area is 164 Å². The molecule has 0 heterocycles. The summed E-state index contributed by atoms with van der Waals surface area (Å²) in [5.41, 5.74) is -1.18. The van der Waals surface area contributed by atoms with E-state index in [0.717, 1.165) is 0 Å². The van der Waals surface area contributed by atoms with Crippen molar-refractivity contribution in [2.75, 3.05) is 0 Å². The molecule has 0 spiro atoms. The lowest BCUT2D eigenvalue weighted by molar-refractivity contribution is 0.273. The van der Waals surface area contributed by atoms with Gasteiger partial charge in [-0.05, 0) is 24.3 Å². The minimum absolute atomic E-state index is 0.359. The Morgan fingerprint density at radius 2 is 0.931 bits per heavy atom. The number of aliphatic hydroxyl groups is 2. The molecule has 0 aromatic heterocycles. The van der Waals surface area contributed by atoms with E-state index in [-0.39, 0.29) is 0 Å². The molecule has 0 fully saturated rings. The maximum atomic E-state index is 12.9. The third-order valence-electron chi connectivity index (χ3n) is 3.77. The van der Waals surface area contributed by atoms with Gasteiger partial charge in [-0.3, -0.25) is 9.11 Å². The highest BCUT2D eigenvalue weighted by Gasteiger charge is 2.29. The lowest BCUT2D eigenvalue weighted by atomic mass is 10.2. The van der Waals surface area contributed by atoms with E-state index in [1.165, 1.54) is 0 Å². The van der Waals surface area contributed by atoms with Crippen molar-refractivity contribution >= 4 is 30.1 Å². The van der Waals surface area contributed by atoms with Crippen LogP contribution in [0, 0.1) is 0 Å². The molecule has 0 aliphatic rings. The fraction of sp³-hybridized carbons (Fsp3) is 0.143. The quantitative estimate of drug-likeness (QED) is 0.291. The van der Waals surface area contributed by atoms with Crippen LogP contribution in [0.25, 0.3) is 0 Å². The van der Waals surface area contributed by atoms with E-state index in [9.17, 15) is 54.8 Å². The largest absolute Gasteiger partial charge is 0.506 e. The number of hydrogen-bond donors (Lipinski definition) is 6. The molecule has 160 valence electrons. The van der Waals surface area contributed by atoms with Gasteiger partial charge in [0.2, 0.25) is 9.84 Å². The summed E-state index contributed by atoms with van der Waals surface area (Å²) in [5.74, 6) is -2.20. The van der Waals surface area contributed by atoms with Gasteiger partial charge in [-0.2, -0.15) is 16.8 Å². The highest BCUT2D eigenvalue weighted by atomic mass is 32.2. The molecule has 29 heavy (non-hydrogen) atoms. The summed E-state index contributed by atoms with van der Waals surface area (Å²) in [6.07, 6.45) is 0. The second kappa shape index (κ2) is 7.52. The normalized spacial score (nSPS) is 12.8. The van der Waals surface area contributed by atoms with Gasteiger partial charge in [0.1, 0.15) is 21.3 Å². The molecule has 2 aromatic carbocycles. The molecule has 15 heteroatoms. The summed E-state index contributed by atoms with van der Waals surface area (Å²) < 4.78 is 89.7. The third-order valence-corrected chi connectivity index (χ3v) is 7.22. The monoisotopic (exact) mass is 470 g/mol. The van der Waals surface area contributed by atoms with E-state index in [0.29, 0.717) is 24.3 Å². The van der Waals surface area contributed by atoms with Crippen LogP contribution in [0.5, 0.6) is 11.5 Å². The van der Waals surface area contributed by atoms with Gasteiger partial charge in [-0.1, -0.05) is 0 Å². The van der Waals surface area contributed by atoms with E-state index >= 15 is 0 Å². The van der Waals surface area contributed by atoms with Crippen molar-refractivity contribution in [3.63, 3.8) is 0 Å². The molecule has 0 aliphatic carbocycles. The number of benzene rings is 2. The molecule has 0 amide bonds. The summed E-state index contributed by atoms with van der Waals surface area (Å²) in [6, 6.07) is 2.05. The van der Waals surface area contributed by atoms with E-state index in [2.05, 4.69) is 0 Å². The van der Waals surface area contributed by atoms with Crippen molar-refractivity contribution in [3.05, 3.63) is 35.4 Å². The third kappa shape index (κ3) is 4.35. The van der Waals surface area contributed by atoms with Crippen molar-refractivity contribution in [2.45, 2.75) is 32.8 Å². The lowest BCUT2D eigenvalue weighted by Gasteiger charge is -2.13. The average molecular weight is 470 g/mol. The molecule has 0 unspecified atom stereocenters. The molecule has 0 saturated carbocycles. The van der Waals surface area contributed by atoms with Crippen LogP contribution in [0.2, 0.25) is 0 Å². The maximum absolute atomic E-state index is 12.9. The summed E-state index contributed by atoms with van der Waals surface area (Å²) in [5, 5.41) is 38.0. The van der Waals surface area contributed by atoms with Crippen LogP contribution in [0.1, 0.15) is 11.1 Å². The molecule has 2 aromatic rings. The molecule has 6 N–H and O–H groups in total. The first-order valence-electron chi connectivity index (χ1n) is 7.28. The van der Waals surface area contributed by atoms with Crippen molar-refractivity contribution in [2.24, 2.45) is 0 Å². The topological polar surface area (TPSA) is 224 Å². The van der Waals surface area contributed by atoms with E-state index in [1.54, 1.807) is 0 Å². The molecule has 12 nitrogen and oxygen atoms in total. The Hall–Kier alpha value is -2.27. The van der Waals surface area contributed by atoms with Gasteiger partial charge in [-0.15, -0.1) is 0 Å². The second-order valence-corrected chi connectivity index (χ2v) is 10.4. The van der Waals surface area contributed by atoms with Crippen molar-refractivity contribution in [1.29, 1.82) is 0 Å². The summed E-state index contributed by atoms with van der Waals surface area (Å²) in [4.78, 5) is -4.25. The number of sulfone groups is 1. The van der Waals surface area contributed by atoms with Gasteiger partial charge in [0.05, 0.1) is 23.0 Å². The van der Waals surface area contributed by atoms with Crippen LogP contribution >= 0.6 is 0 Å². The molecule has 0 radical (unpaired) electrons. The van der Waals surface area contributed by atoms with E-state index < -0.39 is 85.5 Å². The first-order valence-corrected chi connectivity index (χ1v) is 11.6. The van der Waals surface area contributed by atoms with Crippen LogP contribution in [0.15, 0.2) is 43.8 Å². The maximum Gasteiger partial charge on any atom is 0.298 e. The molecular formula is C14H14O12S3. The highest BCUT2D eigenvalue weighted by molar-refractivity contribution is 7.91. The zero-order chi connectivity index (χ0) is 22.4. The number of aliphatic hydroxyl groups excluding tert-OH is 2. The Morgan fingerprint density at radius 1 is 0.621 bits per heavy atom. The number of hydrogen-bond acceptors (Lipinski definition) is 10. The highest BCUT2D eigenvalue weighted by Crippen LogP contribution is 2.36. The van der Waals surface area contributed by atoms with Gasteiger partial charge >= 0.3 is 0 Å². The second-order valence-electron chi connectivity index (χ2n) is 5.63. The predicted molar refractivity (Wildman–Crippen MR) is 93.1 cm³/mol. The zero-order valence-corrected chi connectivity index (χ0v) is 16.5. The first-order chi connectivity index (χ1) is 13.1. The standard InChI is InChI=1S/C14H14O12S3/c15-5-7-1-9(3-11(13(7)17)28(21,22)23)27(19,20)10-2-8(6-16)14(18)12(4-10)29(24,25)26/h1-4,15-18H,5-6H2,(H,21,22,23)(H,24,25,26). The first kappa shape index (κ1) is 23.0. The van der Waals surface area contributed by atoms with Gasteiger partial charge in [0.15, 0.2) is 0 Å². The van der Waals surface area contributed by atoms with Gasteiger partial charge < -0.3 is 20.4 Å². The molecular weight excluding hydrogens is 456 g/mol. The minimum Gasteiger partial charge on any atom is -0.506 e. The van der Waals surface area contributed by atoms with Crippen LogP contribution in [0.3, 0.4) is 0 Å². The van der Waals surface area contributed by atoms with E-state index in [4.69, 9.17) is 0 Å². The zero-order valence-electron chi connectivity index (χ0n) is 14.1. The van der Waals surface area contributed by atoms with Gasteiger partial charge in [0, 0.05) is 11.1 Å². The number of phenols is 2. The molecule has 0 aliphatic heterocycles. The van der Waals surface area contributed by atoms with Gasteiger partial charge in [-0.25, -0.2) is 8.42 Å².